The minimum atomic E-state index is -0.573. The lowest BCUT2D eigenvalue weighted by Crippen LogP contribution is -2.58. The van der Waals surface area contributed by atoms with Gasteiger partial charge in [0.1, 0.15) is 5.75 Å². The van der Waals surface area contributed by atoms with Crippen LogP contribution in [0.25, 0.3) is 0 Å². The fourth-order valence-electron chi connectivity index (χ4n) is 3.34. The molecule has 1 aliphatic rings. The molecule has 2 atom stereocenters. The van der Waals surface area contributed by atoms with Gasteiger partial charge in [-0.15, -0.1) is 0 Å². The maximum absolute atomic E-state index is 6.76. The molecule has 0 bridgehead atoms. The second-order valence-electron chi connectivity index (χ2n) is 6.04. The number of ether oxygens (including phenoxy) is 1. The van der Waals surface area contributed by atoms with Gasteiger partial charge in [0.2, 0.25) is 0 Å². The topological polar surface area (TPSA) is 63.4 Å². The molecular weight excluding hydrogens is 288 g/mol. The van der Waals surface area contributed by atoms with Crippen LogP contribution in [-0.2, 0) is 5.66 Å². The Labute approximate surface area is 137 Å². The van der Waals surface area contributed by atoms with Crippen molar-refractivity contribution in [1.82, 2.24) is 15.2 Å². The summed E-state index contributed by atoms with van der Waals surface area (Å²) in [5.74, 6) is 0.900. The molecule has 0 saturated carbocycles. The monoisotopic (exact) mass is 312 g/mol. The van der Waals surface area contributed by atoms with Gasteiger partial charge in [-0.05, 0) is 30.7 Å². The molecule has 2 heterocycles. The number of piperazine rings is 1. The van der Waals surface area contributed by atoms with Gasteiger partial charge < -0.3 is 15.8 Å². The van der Waals surface area contributed by atoms with Crippen molar-refractivity contribution in [3.05, 3.63) is 59.9 Å². The molecule has 0 spiro atoms. The van der Waals surface area contributed by atoms with Crippen LogP contribution >= 0.6 is 0 Å². The fourth-order valence-corrected chi connectivity index (χ4v) is 3.34. The molecular formula is C18H24N4O. The summed E-state index contributed by atoms with van der Waals surface area (Å²) >= 11 is 0. The number of para-hydroxylation sites is 1. The van der Waals surface area contributed by atoms with Crippen molar-refractivity contribution in [3.63, 3.8) is 0 Å². The summed E-state index contributed by atoms with van der Waals surface area (Å²) in [6.07, 6.45) is 3.58. The van der Waals surface area contributed by atoms with Crippen LogP contribution in [0.15, 0.2) is 48.8 Å². The van der Waals surface area contributed by atoms with E-state index >= 15 is 0 Å². The Bertz CT molecular complexity index is 644. The van der Waals surface area contributed by atoms with E-state index < -0.39 is 5.66 Å². The number of hydrogen-bond donors (Lipinski definition) is 2. The fraction of sp³-hybridized carbons (Fsp3) is 0.389. The molecule has 2 aromatic rings. The number of rotatable bonds is 4. The molecule has 1 saturated heterocycles. The number of benzene rings is 1. The number of methoxy groups -OCH3 is 1. The predicted molar refractivity (Wildman–Crippen MR) is 91.1 cm³/mol. The molecule has 0 radical (unpaired) electrons. The van der Waals surface area contributed by atoms with Crippen molar-refractivity contribution in [2.45, 2.75) is 18.6 Å². The highest BCUT2D eigenvalue weighted by molar-refractivity contribution is 5.37. The van der Waals surface area contributed by atoms with Gasteiger partial charge >= 0.3 is 0 Å². The maximum Gasteiger partial charge on any atom is 0.123 e. The Morgan fingerprint density at radius 3 is 2.74 bits per heavy atom. The minimum absolute atomic E-state index is 0.156. The van der Waals surface area contributed by atoms with Crippen LogP contribution in [0.5, 0.6) is 5.75 Å². The maximum atomic E-state index is 6.76. The molecule has 3 N–H and O–H groups in total. The van der Waals surface area contributed by atoms with E-state index in [1.54, 1.807) is 19.5 Å². The SMILES string of the molecule is COc1ccccc1C1CNCCN1C(C)(N)c1ccncc1. The molecule has 0 amide bonds. The number of nitrogens with one attached hydrogen (secondary N) is 1. The first-order valence-electron chi connectivity index (χ1n) is 7.94. The second-order valence-corrected chi connectivity index (χ2v) is 6.04. The van der Waals surface area contributed by atoms with E-state index in [4.69, 9.17) is 10.5 Å². The van der Waals surface area contributed by atoms with Crippen LogP contribution < -0.4 is 15.8 Å². The zero-order valence-corrected chi connectivity index (χ0v) is 13.7. The summed E-state index contributed by atoms with van der Waals surface area (Å²) in [6.45, 7) is 4.70. The highest BCUT2D eigenvalue weighted by Crippen LogP contribution is 2.36. The van der Waals surface area contributed by atoms with Crippen LogP contribution in [-0.4, -0.2) is 36.6 Å². The van der Waals surface area contributed by atoms with Gasteiger partial charge in [0.05, 0.1) is 18.8 Å². The highest BCUT2D eigenvalue weighted by Gasteiger charge is 2.37. The molecule has 1 fully saturated rings. The Hall–Kier alpha value is -1.95. The van der Waals surface area contributed by atoms with Gasteiger partial charge in [0.15, 0.2) is 0 Å². The van der Waals surface area contributed by atoms with E-state index in [9.17, 15) is 0 Å². The van der Waals surface area contributed by atoms with Crippen molar-refractivity contribution >= 4 is 0 Å². The average molecular weight is 312 g/mol. The van der Waals surface area contributed by atoms with Crippen LogP contribution in [0.3, 0.4) is 0 Å². The number of aromatic nitrogens is 1. The summed E-state index contributed by atoms with van der Waals surface area (Å²) in [5.41, 5.74) is 8.41. The van der Waals surface area contributed by atoms with Crippen molar-refractivity contribution in [1.29, 1.82) is 0 Å². The molecule has 5 heteroatoms. The molecule has 1 aromatic carbocycles. The first kappa shape index (κ1) is 15.9. The largest absolute Gasteiger partial charge is 0.496 e. The summed E-state index contributed by atoms with van der Waals surface area (Å²) in [7, 11) is 1.71. The summed E-state index contributed by atoms with van der Waals surface area (Å²) < 4.78 is 5.56. The molecule has 122 valence electrons. The zero-order chi connectivity index (χ0) is 16.3. The van der Waals surface area contributed by atoms with Gasteiger partial charge in [0, 0.05) is 37.6 Å². The summed E-state index contributed by atoms with van der Waals surface area (Å²) in [5, 5.41) is 3.47. The molecule has 1 aromatic heterocycles. The van der Waals surface area contributed by atoms with Gasteiger partial charge in [-0.3, -0.25) is 9.88 Å². The number of nitrogens with two attached hydrogens (primary N) is 1. The van der Waals surface area contributed by atoms with E-state index in [1.165, 1.54) is 0 Å². The van der Waals surface area contributed by atoms with Crippen LogP contribution in [0.4, 0.5) is 0 Å². The average Bonchev–Trinajstić information content (AvgIpc) is 2.62. The Balaban J connectivity index is 1.99. The molecule has 3 rings (SSSR count). The van der Waals surface area contributed by atoms with Crippen LogP contribution in [0.2, 0.25) is 0 Å². The van der Waals surface area contributed by atoms with E-state index in [2.05, 4.69) is 28.2 Å². The van der Waals surface area contributed by atoms with Gasteiger partial charge in [-0.2, -0.15) is 0 Å². The van der Waals surface area contributed by atoms with Crippen molar-refractivity contribution in [3.8, 4) is 5.75 Å². The van der Waals surface area contributed by atoms with Crippen molar-refractivity contribution < 1.29 is 4.74 Å². The van der Waals surface area contributed by atoms with Crippen molar-refractivity contribution in [2.75, 3.05) is 26.7 Å². The highest BCUT2D eigenvalue weighted by atomic mass is 16.5. The lowest BCUT2D eigenvalue weighted by molar-refractivity contribution is 0.0361. The predicted octanol–water partition coefficient (Wildman–Crippen LogP) is 1.87. The molecule has 5 nitrogen and oxygen atoms in total. The second kappa shape index (κ2) is 6.66. The standard InChI is InChI=1S/C18H24N4O/c1-18(19,14-7-9-20-10-8-14)22-12-11-21-13-16(22)15-5-3-4-6-17(15)23-2/h3-10,16,21H,11-13,19H2,1-2H3. The molecule has 1 aliphatic heterocycles. The summed E-state index contributed by atoms with van der Waals surface area (Å²) in [6, 6.07) is 12.3. The number of pyridine rings is 1. The zero-order valence-electron chi connectivity index (χ0n) is 13.7. The van der Waals surface area contributed by atoms with Crippen LogP contribution in [0.1, 0.15) is 24.1 Å². The lowest BCUT2D eigenvalue weighted by Gasteiger charge is -2.46. The third-order valence-corrected chi connectivity index (χ3v) is 4.60. The molecule has 0 aliphatic carbocycles. The Kier molecular flexibility index (Phi) is 4.61. The van der Waals surface area contributed by atoms with E-state index in [0.29, 0.717) is 0 Å². The lowest BCUT2D eigenvalue weighted by atomic mass is 9.94. The molecule has 23 heavy (non-hydrogen) atoms. The third kappa shape index (κ3) is 3.08. The normalized spacial score (nSPS) is 21.6. The quantitative estimate of drug-likeness (QED) is 0.902. The van der Waals surface area contributed by atoms with E-state index in [0.717, 1.165) is 36.5 Å². The number of nitrogens with zero attached hydrogens (tertiary/aromatic N) is 2. The van der Waals surface area contributed by atoms with Gasteiger partial charge in [0.25, 0.3) is 0 Å². The first-order valence-corrected chi connectivity index (χ1v) is 7.94. The Morgan fingerprint density at radius 1 is 1.26 bits per heavy atom. The summed E-state index contributed by atoms with van der Waals surface area (Å²) in [4.78, 5) is 6.45. The molecule has 2 unspecified atom stereocenters. The van der Waals surface area contributed by atoms with Crippen LogP contribution in [0, 0.1) is 0 Å². The van der Waals surface area contributed by atoms with E-state index in [1.807, 2.05) is 30.3 Å². The minimum Gasteiger partial charge on any atom is -0.496 e. The Morgan fingerprint density at radius 2 is 2.00 bits per heavy atom. The van der Waals surface area contributed by atoms with Gasteiger partial charge in [-0.1, -0.05) is 18.2 Å². The van der Waals surface area contributed by atoms with E-state index in [-0.39, 0.29) is 6.04 Å². The first-order chi connectivity index (χ1) is 11.1. The number of hydrogen-bond acceptors (Lipinski definition) is 5. The smallest absolute Gasteiger partial charge is 0.123 e. The van der Waals surface area contributed by atoms with Gasteiger partial charge in [-0.25, -0.2) is 0 Å². The third-order valence-electron chi connectivity index (χ3n) is 4.60. The van der Waals surface area contributed by atoms with Crippen molar-refractivity contribution in [2.24, 2.45) is 5.73 Å².